The first-order valence-electron chi connectivity index (χ1n) is 8.08. The van der Waals surface area contributed by atoms with E-state index in [1.807, 2.05) is 32.0 Å². The number of nitro groups is 1. The Balaban J connectivity index is 2.39. The molecule has 7 nitrogen and oxygen atoms in total. The lowest BCUT2D eigenvalue weighted by atomic mass is 10.1. The van der Waals surface area contributed by atoms with E-state index < -0.39 is 4.92 Å². The molecule has 7 heteroatoms. The minimum absolute atomic E-state index is 0.111. The maximum Gasteiger partial charge on any atom is 0.315 e. The molecule has 0 amide bonds. The van der Waals surface area contributed by atoms with Gasteiger partial charge in [-0.1, -0.05) is 23.8 Å². The van der Waals surface area contributed by atoms with Gasteiger partial charge in [0.2, 0.25) is 5.75 Å². The molecule has 138 valence electrons. The second-order valence-corrected chi connectivity index (χ2v) is 6.14. The molecule has 0 aliphatic rings. The first-order chi connectivity index (χ1) is 12.3. The summed E-state index contributed by atoms with van der Waals surface area (Å²) in [6.07, 6.45) is 1.53. The van der Waals surface area contributed by atoms with Gasteiger partial charge in [0.25, 0.3) is 0 Å². The number of ether oxygens (including phenoxy) is 2. The molecule has 0 aliphatic heterocycles. The zero-order valence-corrected chi connectivity index (χ0v) is 15.6. The summed E-state index contributed by atoms with van der Waals surface area (Å²) in [6, 6.07) is 9.11. The van der Waals surface area contributed by atoms with Gasteiger partial charge < -0.3 is 14.5 Å². The fourth-order valence-electron chi connectivity index (χ4n) is 2.40. The summed E-state index contributed by atoms with van der Waals surface area (Å²) in [5.74, 6) is 0.408. The van der Waals surface area contributed by atoms with Crippen molar-refractivity contribution in [1.29, 1.82) is 0 Å². The van der Waals surface area contributed by atoms with Gasteiger partial charge in [-0.15, -0.1) is 0 Å². The highest BCUT2D eigenvalue weighted by molar-refractivity contribution is 5.83. The van der Waals surface area contributed by atoms with Gasteiger partial charge in [0.05, 0.1) is 18.2 Å². The summed E-state index contributed by atoms with van der Waals surface area (Å²) in [4.78, 5) is 11.0. The van der Waals surface area contributed by atoms with Gasteiger partial charge in [-0.25, -0.2) is 0 Å². The Kier molecular flexibility index (Phi) is 6.16. The average molecular weight is 357 g/mol. The van der Waals surface area contributed by atoms with E-state index in [0.29, 0.717) is 11.3 Å². The standard InChI is InChI=1S/C19H23N3O4/c1-13-6-7-14(2)16(8-13)12-26-19-17(22(23)24)9-15(10-18(19)25-5)11-20-21(3)4/h6-11H,12H2,1-5H3/b20-11+. The van der Waals surface area contributed by atoms with Gasteiger partial charge in [-0.3, -0.25) is 10.1 Å². The number of nitrogens with zero attached hydrogens (tertiary/aromatic N) is 3. The van der Waals surface area contributed by atoms with Crippen LogP contribution in [0.2, 0.25) is 0 Å². The molecule has 0 aromatic heterocycles. The fraction of sp³-hybridized carbons (Fsp3) is 0.316. The van der Waals surface area contributed by atoms with Crippen molar-refractivity contribution in [2.75, 3.05) is 21.2 Å². The number of methoxy groups -OCH3 is 1. The van der Waals surface area contributed by atoms with Crippen molar-refractivity contribution < 1.29 is 14.4 Å². The van der Waals surface area contributed by atoms with Crippen LogP contribution in [0.4, 0.5) is 5.69 Å². The molecule has 0 saturated carbocycles. The Labute approximate surface area is 153 Å². The van der Waals surface area contributed by atoms with E-state index in [9.17, 15) is 10.1 Å². The van der Waals surface area contributed by atoms with E-state index in [2.05, 4.69) is 5.10 Å². The Hall–Kier alpha value is -3.09. The van der Waals surface area contributed by atoms with Crippen LogP contribution in [0, 0.1) is 24.0 Å². The molecule has 2 aromatic carbocycles. The van der Waals surface area contributed by atoms with Crippen LogP contribution in [0.5, 0.6) is 11.5 Å². The van der Waals surface area contributed by atoms with E-state index in [0.717, 1.165) is 16.7 Å². The predicted molar refractivity (Wildman–Crippen MR) is 101 cm³/mol. The lowest BCUT2D eigenvalue weighted by Gasteiger charge is -2.13. The van der Waals surface area contributed by atoms with Crippen LogP contribution in [0.15, 0.2) is 35.4 Å². The van der Waals surface area contributed by atoms with Gasteiger partial charge in [0.15, 0.2) is 5.75 Å². The number of nitro benzene ring substituents is 1. The summed E-state index contributed by atoms with van der Waals surface area (Å²) in [6.45, 7) is 4.19. The lowest BCUT2D eigenvalue weighted by Crippen LogP contribution is -2.05. The van der Waals surface area contributed by atoms with Crippen molar-refractivity contribution in [3.05, 3.63) is 62.7 Å². The predicted octanol–water partition coefficient (Wildman–Crippen LogP) is 3.69. The van der Waals surface area contributed by atoms with Gasteiger partial charge >= 0.3 is 5.69 Å². The van der Waals surface area contributed by atoms with Gasteiger partial charge in [0, 0.05) is 25.7 Å². The van der Waals surface area contributed by atoms with Crippen LogP contribution in [-0.4, -0.2) is 37.4 Å². The van der Waals surface area contributed by atoms with Gasteiger partial charge in [-0.05, 0) is 31.0 Å². The largest absolute Gasteiger partial charge is 0.493 e. The topological polar surface area (TPSA) is 77.2 Å². The molecule has 0 saturated heterocycles. The molecule has 0 bridgehead atoms. The number of hydrogen-bond donors (Lipinski definition) is 0. The number of rotatable bonds is 7. The third-order valence-corrected chi connectivity index (χ3v) is 3.79. The zero-order valence-electron chi connectivity index (χ0n) is 15.6. The Morgan fingerprint density at radius 3 is 2.58 bits per heavy atom. The Bertz CT molecular complexity index is 832. The monoisotopic (exact) mass is 357 g/mol. The summed E-state index contributed by atoms with van der Waals surface area (Å²) < 4.78 is 11.1. The number of hydrogen-bond acceptors (Lipinski definition) is 6. The normalized spacial score (nSPS) is 10.8. The second-order valence-electron chi connectivity index (χ2n) is 6.14. The van der Waals surface area contributed by atoms with Crippen LogP contribution < -0.4 is 9.47 Å². The third-order valence-electron chi connectivity index (χ3n) is 3.79. The van der Waals surface area contributed by atoms with Crippen LogP contribution in [0.25, 0.3) is 0 Å². The molecule has 0 radical (unpaired) electrons. The summed E-state index contributed by atoms with van der Waals surface area (Å²) >= 11 is 0. The van der Waals surface area contributed by atoms with Crippen LogP contribution >= 0.6 is 0 Å². The number of aryl methyl sites for hydroxylation is 2. The highest BCUT2D eigenvalue weighted by atomic mass is 16.6. The highest BCUT2D eigenvalue weighted by Crippen LogP contribution is 2.38. The van der Waals surface area contributed by atoms with Crippen molar-refractivity contribution in [3.8, 4) is 11.5 Å². The maximum atomic E-state index is 11.5. The lowest BCUT2D eigenvalue weighted by molar-refractivity contribution is -0.386. The molecule has 2 rings (SSSR count). The smallest absolute Gasteiger partial charge is 0.315 e. The summed E-state index contributed by atoms with van der Waals surface area (Å²) in [7, 11) is 4.99. The van der Waals surface area contributed by atoms with Crippen molar-refractivity contribution >= 4 is 11.9 Å². The Morgan fingerprint density at radius 2 is 1.96 bits per heavy atom. The van der Waals surface area contributed by atoms with E-state index in [1.165, 1.54) is 19.4 Å². The SMILES string of the molecule is COc1cc(/C=N/N(C)C)cc([N+](=O)[O-])c1OCc1cc(C)ccc1C. The molecule has 0 unspecified atom stereocenters. The average Bonchev–Trinajstić information content (AvgIpc) is 2.60. The van der Waals surface area contributed by atoms with Crippen molar-refractivity contribution in [1.82, 2.24) is 5.01 Å². The second kappa shape index (κ2) is 8.33. The van der Waals surface area contributed by atoms with E-state index >= 15 is 0 Å². The fourth-order valence-corrected chi connectivity index (χ4v) is 2.40. The first kappa shape index (κ1) is 19.2. The highest BCUT2D eigenvalue weighted by Gasteiger charge is 2.22. The maximum absolute atomic E-state index is 11.5. The van der Waals surface area contributed by atoms with Crippen LogP contribution in [0.1, 0.15) is 22.3 Å². The molecule has 0 aliphatic carbocycles. The summed E-state index contributed by atoms with van der Waals surface area (Å²) in [5.41, 5.74) is 3.54. The molecule has 0 spiro atoms. The minimum Gasteiger partial charge on any atom is -0.493 e. The number of hydrazone groups is 1. The van der Waals surface area contributed by atoms with Crippen molar-refractivity contribution in [2.24, 2.45) is 5.10 Å². The first-order valence-corrected chi connectivity index (χ1v) is 8.08. The quantitative estimate of drug-likeness (QED) is 0.429. The van der Waals surface area contributed by atoms with E-state index in [4.69, 9.17) is 9.47 Å². The van der Waals surface area contributed by atoms with Crippen molar-refractivity contribution in [2.45, 2.75) is 20.5 Å². The van der Waals surface area contributed by atoms with Gasteiger partial charge in [-0.2, -0.15) is 5.10 Å². The zero-order chi connectivity index (χ0) is 19.3. The molecule has 2 aromatic rings. The van der Waals surface area contributed by atoms with Gasteiger partial charge in [0.1, 0.15) is 6.61 Å². The molecule has 0 atom stereocenters. The molecule has 0 N–H and O–H groups in total. The molecule has 0 fully saturated rings. The van der Waals surface area contributed by atoms with Crippen LogP contribution in [0.3, 0.4) is 0 Å². The molecular weight excluding hydrogens is 334 g/mol. The van der Waals surface area contributed by atoms with Crippen molar-refractivity contribution in [3.63, 3.8) is 0 Å². The summed E-state index contributed by atoms with van der Waals surface area (Å²) in [5, 5.41) is 17.2. The molecule has 26 heavy (non-hydrogen) atoms. The minimum atomic E-state index is -0.478. The third kappa shape index (κ3) is 4.72. The molecule has 0 heterocycles. The van der Waals surface area contributed by atoms with E-state index in [1.54, 1.807) is 25.2 Å². The van der Waals surface area contributed by atoms with E-state index in [-0.39, 0.29) is 18.0 Å². The Morgan fingerprint density at radius 1 is 1.23 bits per heavy atom. The molecular formula is C19H23N3O4. The van der Waals surface area contributed by atoms with Crippen LogP contribution in [-0.2, 0) is 6.61 Å². The number of benzene rings is 2.